The zero-order valence-corrected chi connectivity index (χ0v) is 56.3. The van der Waals surface area contributed by atoms with Gasteiger partial charge in [0.2, 0.25) is 0 Å². The smallest absolute Gasteiger partial charge is 0.462 e. The van der Waals surface area contributed by atoms with Crippen LogP contribution >= 0.6 is 15.6 Å². The number of allylic oxidation sites excluding steroid dienone is 4. The molecule has 3 N–H and O–H groups in total. The monoisotopic (exact) mass is 1250 g/mol. The van der Waals surface area contributed by atoms with E-state index in [0.717, 1.165) is 121 Å². The Morgan fingerprint density at radius 2 is 0.694 bits per heavy atom. The first-order chi connectivity index (χ1) is 40.8. The van der Waals surface area contributed by atoms with Crippen molar-refractivity contribution in [1.82, 2.24) is 0 Å². The van der Waals surface area contributed by atoms with Gasteiger partial charge in [0.25, 0.3) is 0 Å². The van der Waals surface area contributed by atoms with E-state index in [1.54, 1.807) is 0 Å². The van der Waals surface area contributed by atoms with Crippen LogP contribution in [0.4, 0.5) is 0 Å². The lowest BCUT2D eigenvalue weighted by molar-refractivity contribution is -0.161. The minimum absolute atomic E-state index is 0.0833. The van der Waals surface area contributed by atoms with Crippen molar-refractivity contribution in [2.75, 3.05) is 39.6 Å². The van der Waals surface area contributed by atoms with E-state index in [4.69, 9.17) is 37.0 Å². The van der Waals surface area contributed by atoms with Crippen molar-refractivity contribution in [3.8, 4) is 0 Å². The number of phosphoric ester groups is 2. The molecule has 6 atom stereocenters. The summed E-state index contributed by atoms with van der Waals surface area (Å²) in [4.78, 5) is 72.2. The number of carbonyl (C=O) groups excluding carboxylic acids is 4. The van der Waals surface area contributed by atoms with E-state index in [1.807, 2.05) is 0 Å². The first kappa shape index (κ1) is 82.5. The number of rotatable bonds is 62. The topological polar surface area (TPSA) is 237 Å². The highest BCUT2D eigenvalue weighted by Gasteiger charge is 2.30. The molecular weight excluding hydrogens is 1130 g/mol. The summed E-state index contributed by atoms with van der Waals surface area (Å²) in [6.07, 6.45) is 41.4. The lowest BCUT2D eigenvalue weighted by Gasteiger charge is -2.21. The molecule has 0 aliphatic heterocycles. The number of aliphatic hydroxyl groups excluding tert-OH is 1. The standard InChI is InChI=1S/C66H124O17P2/c1-8-10-11-12-13-14-15-16-17-18-19-20-25-35-42-49-65(70)82-62(54-77-64(69)48-41-34-29-28-32-39-46-59(7)9-2)56-81-85(74,75)79-52-60(67)51-78-84(72,73)80-55-61(83-66(71)50-43-36-27-22-24-31-38-45-58(5)6)53-76-63(68)47-40-33-26-21-23-30-37-44-57(3)4/h14-17,57-62,67H,8-13,18-56H2,1-7H3,(H,72,73)(H,74,75)/b15-14-,17-16-/t59?,60?,61-,62-/m1/s1. The second-order valence-electron chi connectivity index (χ2n) is 24.4. The molecule has 85 heavy (non-hydrogen) atoms. The lowest BCUT2D eigenvalue weighted by Crippen LogP contribution is -2.30. The van der Waals surface area contributed by atoms with Crippen LogP contribution in [0.2, 0.25) is 0 Å². The molecular formula is C66H124O17P2. The third-order valence-corrected chi connectivity index (χ3v) is 16.8. The number of unbranched alkanes of at least 4 members (excludes halogenated alkanes) is 26. The predicted octanol–water partition coefficient (Wildman–Crippen LogP) is 17.8. The van der Waals surface area contributed by atoms with E-state index in [2.05, 4.69) is 72.8 Å². The number of hydrogen-bond donors (Lipinski definition) is 3. The maximum absolute atomic E-state index is 13.0. The zero-order chi connectivity index (χ0) is 63.1. The Hall–Kier alpha value is -2.46. The quantitative estimate of drug-likeness (QED) is 0.0169. The number of carbonyl (C=O) groups is 4. The molecule has 0 aliphatic rings. The second kappa shape index (κ2) is 56.8. The number of hydrogen-bond acceptors (Lipinski definition) is 15. The van der Waals surface area contributed by atoms with Crippen molar-refractivity contribution in [3.63, 3.8) is 0 Å². The largest absolute Gasteiger partial charge is 0.472 e. The van der Waals surface area contributed by atoms with Gasteiger partial charge in [0, 0.05) is 25.7 Å². The van der Waals surface area contributed by atoms with Crippen LogP contribution in [0.3, 0.4) is 0 Å². The van der Waals surface area contributed by atoms with E-state index >= 15 is 0 Å². The molecule has 19 heteroatoms. The Balaban J connectivity index is 5.28. The molecule has 17 nitrogen and oxygen atoms in total. The highest BCUT2D eigenvalue weighted by molar-refractivity contribution is 7.47. The molecule has 0 aromatic rings. The average molecular weight is 1250 g/mol. The fourth-order valence-electron chi connectivity index (χ4n) is 9.26. The fraction of sp³-hybridized carbons (Fsp3) is 0.879. The molecule has 0 aromatic heterocycles. The van der Waals surface area contributed by atoms with Crippen LogP contribution in [-0.4, -0.2) is 96.7 Å². The molecule has 0 bridgehead atoms. The first-order valence-corrected chi connectivity index (χ1v) is 36.7. The van der Waals surface area contributed by atoms with Crippen LogP contribution in [-0.2, 0) is 65.4 Å². The van der Waals surface area contributed by atoms with E-state index in [1.165, 1.54) is 83.5 Å². The molecule has 0 saturated carbocycles. The molecule has 0 aliphatic carbocycles. The van der Waals surface area contributed by atoms with Crippen LogP contribution in [0.5, 0.6) is 0 Å². The van der Waals surface area contributed by atoms with Gasteiger partial charge in [-0.1, -0.05) is 246 Å². The molecule has 0 fully saturated rings. The summed E-state index contributed by atoms with van der Waals surface area (Å²) in [7, 11) is -9.90. The highest BCUT2D eigenvalue weighted by atomic mass is 31.2. The summed E-state index contributed by atoms with van der Waals surface area (Å²) in [6, 6.07) is 0. The Morgan fingerprint density at radius 1 is 0.388 bits per heavy atom. The van der Waals surface area contributed by atoms with Gasteiger partial charge in [0.05, 0.1) is 26.4 Å². The average Bonchev–Trinajstić information content (AvgIpc) is 3.53. The normalized spacial score (nSPS) is 14.8. The maximum Gasteiger partial charge on any atom is 0.472 e. The molecule has 4 unspecified atom stereocenters. The highest BCUT2D eigenvalue weighted by Crippen LogP contribution is 2.45. The van der Waals surface area contributed by atoms with Gasteiger partial charge in [-0.3, -0.25) is 37.3 Å². The lowest BCUT2D eigenvalue weighted by atomic mass is 10.00. The Labute approximate surface area is 516 Å². The first-order valence-electron chi connectivity index (χ1n) is 33.7. The van der Waals surface area contributed by atoms with Crippen LogP contribution < -0.4 is 0 Å². The zero-order valence-electron chi connectivity index (χ0n) is 54.5. The SMILES string of the molecule is CCCCCC/C=C\C=C/CCCCCCCC(=O)O[C@H](COC(=O)CCCCCCCCC(C)CC)COP(=O)(O)OCC(O)COP(=O)(O)OC[C@@H](COC(=O)CCCCCCCCCC(C)C)OC(=O)CCCCCCCCCC(C)C. The molecule has 0 heterocycles. The number of aliphatic hydroxyl groups is 1. The van der Waals surface area contributed by atoms with Gasteiger partial charge in [-0.25, -0.2) is 9.13 Å². The number of ether oxygens (including phenoxy) is 4. The van der Waals surface area contributed by atoms with Crippen LogP contribution in [0.25, 0.3) is 0 Å². The second-order valence-corrected chi connectivity index (χ2v) is 27.3. The van der Waals surface area contributed by atoms with Crippen molar-refractivity contribution in [3.05, 3.63) is 24.3 Å². The van der Waals surface area contributed by atoms with Gasteiger partial charge >= 0.3 is 39.5 Å². The van der Waals surface area contributed by atoms with Crippen LogP contribution in [0.15, 0.2) is 24.3 Å². The van der Waals surface area contributed by atoms with Gasteiger partial charge in [0.15, 0.2) is 12.2 Å². The molecule has 500 valence electrons. The summed E-state index contributed by atoms with van der Waals surface area (Å²) in [5.41, 5.74) is 0. The summed E-state index contributed by atoms with van der Waals surface area (Å²) >= 11 is 0. The Kier molecular flexibility index (Phi) is 55.1. The summed E-state index contributed by atoms with van der Waals surface area (Å²) in [5, 5.41) is 10.5. The van der Waals surface area contributed by atoms with Gasteiger partial charge in [-0.2, -0.15) is 0 Å². The van der Waals surface area contributed by atoms with Crippen LogP contribution in [0.1, 0.15) is 299 Å². The molecule has 0 spiro atoms. The summed E-state index contributed by atoms with van der Waals surface area (Å²) in [6.45, 7) is 11.6. The van der Waals surface area contributed by atoms with Gasteiger partial charge < -0.3 is 33.8 Å². The van der Waals surface area contributed by atoms with Crippen LogP contribution in [0, 0.1) is 17.8 Å². The summed E-state index contributed by atoms with van der Waals surface area (Å²) in [5.74, 6) is -0.0430. The Morgan fingerprint density at radius 3 is 1.05 bits per heavy atom. The van der Waals surface area contributed by atoms with E-state index in [9.17, 15) is 43.2 Å². The van der Waals surface area contributed by atoms with E-state index in [-0.39, 0.29) is 25.7 Å². The van der Waals surface area contributed by atoms with Crippen molar-refractivity contribution < 1.29 is 80.2 Å². The number of phosphoric acid groups is 2. The third-order valence-electron chi connectivity index (χ3n) is 14.9. The summed E-state index contributed by atoms with van der Waals surface area (Å²) < 4.78 is 68.0. The molecule has 0 saturated heterocycles. The van der Waals surface area contributed by atoms with Gasteiger partial charge in [0.1, 0.15) is 19.3 Å². The third kappa shape index (κ3) is 59.0. The van der Waals surface area contributed by atoms with E-state index in [0.29, 0.717) is 37.5 Å². The van der Waals surface area contributed by atoms with Gasteiger partial charge in [-0.15, -0.1) is 0 Å². The Bertz CT molecular complexity index is 1780. The van der Waals surface area contributed by atoms with Crippen molar-refractivity contribution in [1.29, 1.82) is 0 Å². The van der Waals surface area contributed by atoms with Crippen molar-refractivity contribution in [2.45, 2.75) is 317 Å². The van der Waals surface area contributed by atoms with Crippen molar-refractivity contribution in [2.24, 2.45) is 17.8 Å². The molecule has 0 rings (SSSR count). The maximum atomic E-state index is 13.0. The fourth-order valence-corrected chi connectivity index (χ4v) is 10.8. The molecule has 0 aromatic carbocycles. The predicted molar refractivity (Wildman–Crippen MR) is 340 cm³/mol. The minimum Gasteiger partial charge on any atom is -0.462 e. The van der Waals surface area contributed by atoms with E-state index < -0.39 is 97.5 Å². The molecule has 0 radical (unpaired) electrons. The minimum atomic E-state index is -4.96. The molecule has 0 amide bonds. The van der Waals surface area contributed by atoms with Gasteiger partial charge in [-0.05, 0) is 69.1 Å². The number of esters is 4. The van der Waals surface area contributed by atoms with Crippen molar-refractivity contribution >= 4 is 39.5 Å².